The summed E-state index contributed by atoms with van der Waals surface area (Å²) in [5.74, 6) is -0.390. The first-order valence-corrected chi connectivity index (χ1v) is 7.29. The van der Waals surface area contributed by atoms with Gasteiger partial charge in [-0.3, -0.25) is 0 Å². The average molecular weight is 311 g/mol. The molecule has 1 saturated heterocycles. The van der Waals surface area contributed by atoms with Gasteiger partial charge in [-0.1, -0.05) is 17.7 Å². The Hall–Kier alpha value is -1.66. The molecule has 0 radical (unpaired) electrons. The molecular formula is C14H16ClFN4O. The predicted octanol–water partition coefficient (Wildman–Crippen LogP) is 2.57. The Labute approximate surface area is 127 Å². The van der Waals surface area contributed by atoms with Crippen LogP contribution in [0, 0.1) is 5.82 Å². The highest BCUT2D eigenvalue weighted by Crippen LogP contribution is 2.18. The number of aromatic nitrogens is 3. The van der Waals surface area contributed by atoms with Crippen molar-refractivity contribution < 1.29 is 9.13 Å². The van der Waals surface area contributed by atoms with Gasteiger partial charge in [0.15, 0.2) is 0 Å². The lowest BCUT2D eigenvalue weighted by Gasteiger charge is -2.22. The zero-order valence-corrected chi connectivity index (χ0v) is 12.2. The van der Waals surface area contributed by atoms with Crippen LogP contribution in [0.3, 0.4) is 0 Å². The first kappa shape index (κ1) is 14.3. The fourth-order valence-corrected chi connectivity index (χ4v) is 2.50. The molecule has 0 amide bonds. The highest BCUT2D eigenvalue weighted by Gasteiger charge is 2.16. The maximum Gasteiger partial charge on any atom is 0.335 e. The number of hydrogen-bond donors (Lipinski definition) is 1. The lowest BCUT2D eigenvalue weighted by molar-refractivity contribution is 0.267. The number of nitrogens with zero attached hydrogens (tertiary/aromatic N) is 3. The normalized spacial score (nSPS) is 18.7. The standard InChI is InChI=1S/C14H16ClFN4O/c15-11-4-3-10(13(16)6-11)8-21-14-18-9-20(19-14)12-2-1-5-17-7-12/h3-4,6,9,12,17H,1-2,5,7-8H2. The fraction of sp³-hybridized carbons (Fsp3) is 0.429. The van der Waals surface area contributed by atoms with Gasteiger partial charge in [0.05, 0.1) is 6.04 Å². The summed E-state index contributed by atoms with van der Waals surface area (Å²) >= 11 is 5.71. The molecule has 0 bridgehead atoms. The summed E-state index contributed by atoms with van der Waals surface area (Å²) in [5.41, 5.74) is 0.426. The van der Waals surface area contributed by atoms with Crippen LogP contribution in [0.5, 0.6) is 6.01 Å². The minimum absolute atomic E-state index is 0.0793. The second-order valence-electron chi connectivity index (χ2n) is 5.03. The van der Waals surface area contributed by atoms with Crippen LogP contribution >= 0.6 is 11.6 Å². The van der Waals surface area contributed by atoms with Crippen LogP contribution in [0.2, 0.25) is 5.02 Å². The summed E-state index contributed by atoms with van der Waals surface area (Å²) in [4.78, 5) is 4.11. The SMILES string of the molecule is Fc1cc(Cl)ccc1COc1ncn(C2CCCNC2)n1. The van der Waals surface area contributed by atoms with E-state index in [-0.39, 0.29) is 12.6 Å². The second kappa shape index (κ2) is 6.41. The molecule has 0 aliphatic carbocycles. The Balaban J connectivity index is 1.61. The number of benzene rings is 1. The van der Waals surface area contributed by atoms with Crippen LogP contribution in [-0.4, -0.2) is 27.9 Å². The number of piperidine rings is 1. The van der Waals surface area contributed by atoms with Crippen molar-refractivity contribution in [1.29, 1.82) is 0 Å². The number of hydrogen-bond acceptors (Lipinski definition) is 4. The molecule has 1 N–H and O–H groups in total. The van der Waals surface area contributed by atoms with E-state index < -0.39 is 5.82 Å². The molecule has 7 heteroatoms. The Kier molecular flexibility index (Phi) is 4.36. The van der Waals surface area contributed by atoms with Gasteiger partial charge >= 0.3 is 6.01 Å². The largest absolute Gasteiger partial charge is 0.457 e. The van der Waals surface area contributed by atoms with Gasteiger partial charge in [-0.05, 0) is 31.5 Å². The third-order valence-corrected chi connectivity index (χ3v) is 3.74. The number of nitrogens with one attached hydrogen (secondary N) is 1. The molecule has 112 valence electrons. The van der Waals surface area contributed by atoms with E-state index in [1.165, 1.54) is 6.07 Å². The number of ether oxygens (including phenoxy) is 1. The van der Waals surface area contributed by atoms with Crippen LogP contribution in [0.1, 0.15) is 24.4 Å². The molecule has 2 aromatic rings. The molecule has 1 fully saturated rings. The smallest absolute Gasteiger partial charge is 0.335 e. The van der Waals surface area contributed by atoms with Gasteiger partial charge in [-0.2, -0.15) is 4.98 Å². The van der Waals surface area contributed by atoms with Crippen LogP contribution in [0.15, 0.2) is 24.5 Å². The van der Waals surface area contributed by atoms with Crippen LogP contribution in [-0.2, 0) is 6.61 Å². The third-order valence-electron chi connectivity index (χ3n) is 3.50. The summed E-state index contributed by atoms with van der Waals surface area (Å²) in [5, 5.41) is 7.98. The number of rotatable bonds is 4. The summed E-state index contributed by atoms with van der Waals surface area (Å²) in [6.07, 6.45) is 3.85. The van der Waals surface area contributed by atoms with E-state index in [1.54, 1.807) is 23.1 Å². The Morgan fingerprint density at radius 1 is 1.48 bits per heavy atom. The van der Waals surface area contributed by atoms with E-state index in [0.717, 1.165) is 25.9 Å². The van der Waals surface area contributed by atoms with Gasteiger partial charge in [-0.25, -0.2) is 9.07 Å². The number of halogens is 2. The van der Waals surface area contributed by atoms with Gasteiger partial charge in [-0.15, -0.1) is 5.10 Å². The molecule has 1 atom stereocenters. The van der Waals surface area contributed by atoms with E-state index in [4.69, 9.17) is 16.3 Å². The highest BCUT2D eigenvalue weighted by molar-refractivity contribution is 6.30. The average Bonchev–Trinajstić information content (AvgIpc) is 2.96. The molecule has 1 aromatic heterocycles. The summed E-state index contributed by atoms with van der Waals surface area (Å²) in [7, 11) is 0. The summed E-state index contributed by atoms with van der Waals surface area (Å²) < 4.78 is 20.9. The molecule has 21 heavy (non-hydrogen) atoms. The summed E-state index contributed by atoms with van der Waals surface area (Å²) in [6.45, 7) is 2.01. The lowest BCUT2D eigenvalue weighted by atomic mass is 10.1. The van der Waals surface area contributed by atoms with Gasteiger partial charge in [0.2, 0.25) is 0 Å². The maximum absolute atomic E-state index is 13.6. The van der Waals surface area contributed by atoms with E-state index in [2.05, 4.69) is 15.4 Å². The van der Waals surface area contributed by atoms with Gasteiger partial charge < -0.3 is 10.1 Å². The van der Waals surface area contributed by atoms with Crippen LogP contribution < -0.4 is 10.1 Å². The van der Waals surface area contributed by atoms with E-state index in [0.29, 0.717) is 16.6 Å². The van der Waals surface area contributed by atoms with Crippen molar-refractivity contribution in [2.75, 3.05) is 13.1 Å². The summed E-state index contributed by atoms with van der Waals surface area (Å²) in [6, 6.07) is 5.05. The molecule has 1 aliphatic rings. The highest BCUT2D eigenvalue weighted by atomic mass is 35.5. The fourth-order valence-electron chi connectivity index (χ4n) is 2.34. The minimum Gasteiger partial charge on any atom is -0.457 e. The Morgan fingerprint density at radius 3 is 3.14 bits per heavy atom. The van der Waals surface area contributed by atoms with Crippen molar-refractivity contribution in [3.63, 3.8) is 0 Å². The second-order valence-corrected chi connectivity index (χ2v) is 5.47. The molecule has 1 aliphatic heterocycles. The molecule has 0 saturated carbocycles. The zero-order valence-electron chi connectivity index (χ0n) is 11.4. The molecule has 2 heterocycles. The molecule has 3 rings (SSSR count). The van der Waals surface area contributed by atoms with E-state index in [9.17, 15) is 4.39 Å². The van der Waals surface area contributed by atoms with Gasteiger partial charge in [0, 0.05) is 17.1 Å². The molecular weight excluding hydrogens is 295 g/mol. The van der Waals surface area contributed by atoms with Crippen LogP contribution in [0.4, 0.5) is 4.39 Å². The quantitative estimate of drug-likeness (QED) is 0.943. The van der Waals surface area contributed by atoms with Crippen molar-refractivity contribution in [2.24, 2.45) is 0 Å². The van der Waals surface area contributed by atoms with E-state index >= 15 is 0 Å². The molecule has 5 nitrogen and oxygen atoms in total. The zero-order chi connectivity index (χ0) is 14.7. The van der Waals surface area contributed by atoms with Gasteiger partial charge in [0.1, 0.15) is 18.8 Å². The first-order chi connectivity index (χ1) is 10.2. The van der Waals surface area contributed by atoms with Crippen molar-refractivity contribution >= 4 is 11.6 Å². The van der Waals surface area contributed by atoms with Crippen molar-refractivity contribution in [1.82, 2.24) is 20.1 Å². The maximum atomic E-state index is 13.6. The molecule has 1 unspecified atom stereocenters. The third kappa shape index (κ3) is 3.51. The van der Waals surface area contributed by atoms with Crippen molar-refractivity contribution in [2.45, 2.75) is 25.5 Å². The van der Waals surface area contributed by atoms with Crippen molar-refractivity contribution in [3.8, 4) is 6.01 Å². The predicted molar refractivity (Wildman–Crippen MR) is 76.9 cm³/mol. The molecule has 0 spiro atoms. The monoisotopic (exact) mass is 310 g/mol. The van der Waals surface area contributed by atoms with Crippen molar-refractivity contribution in [3.05, 3.63) is 40.9 Å². The molecule has 1 aromatic carbocycles. The van der Waals surface area contributed by atoms with Gasteiger partial charge in [0.25, 0.3) is 0 Å². The van der Waals surface area contributed by atoms with E-state index in [1.807, 2.05) is 0 Å². The Morgan fingerprint density at radius 2 is 2.38 bits per heavy atom. The topological polar surface area (TPSA) is 52.0 Å². The Bertz CT molecular complexity index is 613. The minimum atomic E-state index is -0.390. The van der Waals surface area contributed by atoms with Crippen LogP contribution in [0.25, 0.3) is 0 Å². The first-order valence-electron chi connectivity index (χ1n) is 6.91. The lowest BCUT2D eigenvalue weighted by Crippen LogP contribution is -2.31.